The molecule has 2 atom stereocenters. The molecular weight excluding hydrogens is 559 g/mol. The van der Waals surface area contributed by atoms with Crippen molar-refractivity contribution in [3.8, 4) is 0 Å². The molecule has 4 rings (SSSR count). The fraction of sp³-hybridized carbons (Fsp3) is 0.194. The van der Waals surface area contributed by atoms with Crippen LogP contribution in [-0.2, 0) is 54.9 Å². The van der Waals surface area contributed by atoms with Gasteiger partial charge in [-0.1, -0.05) is 60.7 Å². The summed E-state index contributed by atoms with van der Waals surface area (Å²) in [5, 5.41) is 0. The van der Waals surface area contributed by atoms with Crippen LogP contribution in [0.2, 0.25) is 0 Å². The number of rotatable bonds is 6. The molecule has 1 radical (unpaired) electrons. The number of benzene rings is 2. The molecule has 0 amide bonds. The van der Waals surface area contributed by atoms with E-state index in [0.29, 0.717) is 11.1 Å². The molecule has 1 aliphatic rings. The summed E-state index contributed by atoms with van der Waals surface area (Å²) in [5.41, 5.74) is 0.986. The van der Waals surface area contributed by atoms with Crippen molar-refractivity contribution in [3.63, 3.8) is 0 Å². The van der Waals surface area contributed by atoms with Crippen molar-refractivity contribution in [2.45, 2.75) is 0 Å². The van der Waals surface area contributed by atoms with E-state index in [2.05, 4.69) is 0 Å². The Labute approximate surface area is 243 Å². The fourth-order valence-corrected chi connectivity index (χ4v) is 4.50. The Bertz CT molecular complexity index is 1340. The topological polar surface area (TPSA) is 105 Å². The third-order valence-electron chi connectivity index (χ3n) is 6.15. The van der Waals surface area contributed by atoms with Gasteiger partial charge in [-0.05, 0) is 16.7 Å². The van der Waals surface area contributed by atoms with Crippen LogP contribution in [-0.4, -0.2) is 52.3 Å². The minimum Gasteiger partial charge on any atom is -0.469 e. The summed E-state index contributed by atoms with van der Waals surface area (Å²) >= 11 is 0. The molecule has 2 unspecified atom stereocenters. The first kappa shape index (κ1) is 31.9. The normalized spacial score (nSPS) is 16.0. The maximum Gasteiger partial charge on any atom is 0.338 e. The number of ether oxygens (including phenoxy) is 4. The van der Waals surface area contributed by atoms with E-state index in [0.717, 1.165) is 21.3 Å². The Kier molecular flexibility index (Phi) is 12.2. The van der Waals surface area contributed by atoms with E-state index >= 15 is 0 Å². The van der Waals surface area contributed by atoms with Crippen molar-refractivity contribution >= 4 is 35.0 Å². The van der Waals surface area contributed by atoms with Gasteiger partial charge in [-0.25, -0.2) is 21.7 Å². The van der Waals surface area contributed by atoms with E-state index in [1.165, 1.54) is 7.11 Å². The second kappa shape index (κ2) is 15.3. The maximum absolute atomic E-state index is 13.3. The second-order valence-corrected chi connectivity index (χ2v) is 8.26. The van der Waals surface area contributed by atoms with Gasteiger partial charge >= 0.3 is 23.9 Å². The van der Waals surface area contributed by atoms with Gasteiger partial charge in [0.2, 0.25) is 0 Å². The molecule has 3 aromatic rings. The van der Waals surface area contributed by atoms with Gasteiger partial charge in [-0.3, -0.25) is 9.59 Å². The van der Waals surface area contributed by atoms with Crippen molar-refractivity contribution in [1.29, 1.82) is 0 Å². The van der Waals surface area contributed by atoms with Crippen molar-refractivity contribution in [2.24, 2.45) is 11.8 Å². The predicted octanol–water partition coefficient (Wildman–Crippen LogP) is 4.24. The van der Waals surface area contributed by atoms with Crippen LogP contribution in [0.15, 0.2) is 102 Å². The van der Waals surface area contributed by atoms with Gasteiger partial charge in [0, 0.05) is 22.4 Å². The summed E-state index contributed by atoms with van der Waals surface area (Å²) < 4.78 is 20.1. The molecule has 0 saturated heterocycles. The number of esters is 4. The van der Waals surface area contributed by atoms with Gasteiger partial charge in [-0.15, -0.1) is 0 Å². The number of hydrogen-bond donors (Lipinski definition) is 0. The van der Waals surface area contributed by atoms with E-state index < -0.39 is 35.7 Å². The first-order chi connectivity index (χ1) is 18.9. The standard InChI is InChI=1S/C26H24O8.C5H5.Co/c1-31-23(27)19-17(15-11-7-5-8-12-15)20(24(28)32-2)22(26(30)34-4)21(25(29)33-3)18(19)16-13-9-6-10-14-16;1-2-4-5-3-1;/h5-14,20,22H,1-4H3;1-5H;/q;-1;. The zero-order chi connectivity index (χ0) is 28.4. The van der Waals surface area contributed by atoms with Gasteiger partial charge in [0.05, 0.1) is 39.6 Å². The van der Waals surface area contributed by atoms with Crippen molar-refractivity contribution < 1.29 is 54.9 Å². The van der Waals surface area contributed by atoms with E-state index in [1.807, 2.05) is 30.3 Å². The SMILES string of the molecule is COC(=O)C1=C(c2ccccc2)C(C(=O)OC)C(C(=O)OC)C(C(=O)OC)=C1c1ccccc1.[Co].c1cc[cH-]c1. The van der Waals surface area contributed by atoms with Crippen LogP contribution in [0.4, 0.5) is 0 Å². The molecule has 0 fully saturated rings. The molecule has 0 N–H and O–H groups in total. The van der Waals surface area contributed by atoms with Crippen molar-refractivity contribution in [1.82, 2.24) is 0 Å². The Hall–Kier alpha value is -4.34. The monoisotopic (exact) mass is 588 g/mol. The van der Waals surface area contributed by atoms with E-state index in [9.17, 15) is 19.2 Å². The molecule has 0 aromatic heterocycles. The van der Waals surface area contributed by atoms with Gasteiger partial charge in [-0.2, -0.15) is 18.2 Å². The predicted molar refractivity (Wildman–Crippen MR) is 144 cm³/mol. The molecular formula is C31H29CoO8-. The molecule has 0 heterocycles. The number of methoxy groups -OCH3 is 4. The van der Waals surface area contributed by atoms with Crippen LogP contribution in [0.25, 0.3) is 11.1 Å². The van der Waals surface area contributed by atoms with Crippen LogP contribution < -0.4 is 0 Å². The Morgan fingerprint density at radius 3 is 1.50 bits per heavy atom. The van der Waals surface area contributed by atoms with Crippen LogP contribution >= 0.6 is 0 Å². The Morgan fingerprint density at radius 1 is 0.600 bits per heavy atom. The molecule has 211 valence electrons. The Balaban J connectivity index is 0.000000840. The fourth-order valence-electron chi connectivity index (χ4n) is 4.50. The largest absolute Gasteiger partial charge is 0.469 e. The second-order valence-electron chi connectivity index (χ2n) is 8.26. The zero-order valence-corrected chi connectivity index (χ0v) is 23.5. The van der Waals surface area contributed by atoms with E-state index in [4.69, 9.17) is 18.9 Å². The Morgan fingerprint density at radius 2 is 1.07 bits per heavy atom. The molecule has 0 saturated carbocycles. The number of hydrogen-bond acceptors (Lipinski definition) is 8. The first-order valence-corrected chi connectivity index (χ1v) is 12.0. The van der Waals surface area contributed by atoms with Crippen LogP contribution in [0.5, 0.6) is 0 Å². The molecule has 9 heteroatoms. The van der Waals surface area contributed by atoms with E-state index in [1.54, 1.807) is 60.7 Å². The summed E-state index contributed by atoms with van der Waals surface area (Å²) in [6.07, 6.45) is 0. The molecule has 8 nitrogen and oxygen atoms in total. The van der Waals surface area contributed by atoms with Gasteiger partial charge < -0.3 is 18.9 Å². The average molecular weight is 588 g/mol. The smallest absolute Gasteiger partial charge is 0.338 e. The third kappa shape index (κ3) is 6.80. The molecule has 3 aromatic carbocycles. The average Bonchev–Trinajstić information content (AvgIpc) is 3.59. The molecule has 1 aliphatic carbocycles. The number of carbonyl (C=O) groups is 4. The van der Waals surface area contributed by atoms with E-state index in [-0.39, 0.29) is 39.1 Å². The minimum absolute atomic E-state index is 0. The maximum atomic E-state index is 13.3. The summed E-state index contributed by atoms with van der Waals surface area (Å²) in [6, 6.07) is 27.1. The van der Waals surface area contributed by atoms with Crippen LogP contribution in [0.1, 0.15) is 11.1 Å². The van der Waals surface area contributed by atoms with Crippen LogP contribution in [0, 0.1) is 11.8 Å². The van der Waals surface area contributed by atoms with Crippen molar-refractivity contribution in [2.75, 3.05) is 28.4 Å². The summed E-state index contributed by atoms with van der Waals surface area (Å²) in [4.78, 5) is 52.6. The van der Waals surface area contributed by atoms with Gasteiger partial charge in [0.1, 0.15) is 11.8 Å². The van der Waals surface area contributed by atoms with Gasteiger partial charge in [0.25, 0.3) is 0 Å². The summed E-state index contributed by atoms with van der Waals surface area (Å²) in [5.74, 6) is -6.20. The zero-order valence-electron chi connectivity index (χ0n) is 22.4. The van der Waals surface area contributed by atoms with Gasteiger partial charge in [0.15, 0.2) is 0 Å². The van der Waals surface area contributed by atoms with Crippen molar-refractivity contribution in [3.05, 3.63) is 113 Å². The van der Waals surface area contributed by atoms with Crippen LogP contribution in [0.3, 0.4) is 0 Å². The summed E-state index contributed by atoms with van der Waals surface area (Å²) in [7, 11) is 4.65. The molecule has 0 spiro atoms. The third-order valence-corrected chi connectivity index (χ3v) is 6.15. The first-order valence-electron chi connectivity index (χ1n) is 12.0. The molecule has 0 bridgehead atoms. The molecule has 40 heavy (non-hydrogen) atoms. The number of carbonyl (C=O) groups excluding carboxylic acids is 4. The summed E-state index contributed by atoms with van der Waals surface area (Å²) in [6.45, 7) is 0. The minimum atomic E-state index is -1.44. The molecule has 0 aliphatic heterocycles. The quantitative estimate of drug-likeness (QED) is 0.239.